The van der Waals surface area contributed by atoms with Crippen molar-refractivity contribution in [3.05, 3.63) is 35.6 Å². The van der Waals surface area contributed by atoms with Crippen molar-refractivity contribution in [1.82, 2.24) is 5.32 Å². The van der Waals surface area contributed by atoms with Gasteiger partial charge in [0.25, 0.3) is 0 Å². The molecule has 1 fully saturated rings. The molecule has 1 saturated carbocycles. The molecule has 1 amide bonds. The van der Waals surface area contributed by atoms with Crippen LogP contribution in [0.1, 0.15) is 31.2 Å². The molecule has 1 aliphatic carbocycles. The van der Waals surface area contributed by atoms with Crippen LogP contribution in [-0.2, 0) is 16.0 Å². The van der Waals surface area contributed by atoms with Crippen LogP contribution in [0, 0.1) is 5.82 Å². The number of hydrogen-bond acceptors (Lipinski definition) is 2. The van der Waals surface area contributed by atoms with Crippen molar-refractivity contribution in [2.75, 3.05) is 0 Å². The lowest BCUT2D eigenvalue weighted by molar-refractivity contribution is -0.151. The summed E-state index contributed by atoms with van der Waals surface area (Å²) in [4.78, 5) is 22.8. The van der Waals surface area contributed by atoms with E-state index in [1.165, 1.54) is 12.1 Å². The minimum Gasteiger partial charge on any atom is -0.480 e. The minimum absolute atomic E-state index is 0.165. The normalized spacial score (nSPS) is 16.5. The van der Waals surface area contributed by atoms with Crippen molar-refractivity contribution in [1.29, 1.82) is 0 Å². The molecule has 0 heterocycles. The van der Waals surface area contributed by atoms with Gasteiger partial charge in [-0.05, 0) is 43.4 Å². The highest BCUT2D eigenvalue weighted by Crippen LogP contribution is 2.32. The molecule has 0 bridgehead atoms. The number of carboxylic acid groups (broad SMARTS) is 1. The molecule has 1 aliphatic rings. The Hall–Kier alpha value is -1.91. The Morgan fingerprint density at radius 3 is 2.63 bits per heavy atom. The number of aryl methyl sites for hydroxylation is 1. The van der Waals surface area contributed by atoms with Gasteiger partial charge in [0, 0.05) is 6.42 Å². The Balaban J connectivity index is 1.86. The van der Waals surface area contributed by atoms with E-state index < -0.39 is 11.5 Å². The van der Waals surface area contributed by atoms with Crippen LogP contribution in [0.2, 0.25) is 0 Å². The number of aliphatic carboxylic acids is 1. The quantitative estimate of drug-likeness (QED) is 0.854. The van der Waals surface area contributed by atoms with E-state index >= 15 is 0 Å². The van der Waals surface area contributed by atoms with Gasteiger partial charge in [0.15, 0.2) is 0 Å². The molecular formula is C14H16FNO3. The van der Waals surface area contributed by atoms with E-state index in [2.05, 4.69) is 5.32 Å². The lowest BCUT2D eigenvalue weighted by Gasteiger charge is -2.38. The highest BCUT2D eigenvalue weighted by Gasteiger charge is 2.45. The molecule has 2 rings (SSSR count). The number of carboxylic acids is 1. The summed E-state index contributed by atoms with van der Waals surface area (Å²) >= 11 is 0. The number of rotatable bonds is 5. The van der Waals surface area contributed by atoms with Crippen molar-refractivity contribution in [2.24, 2.45) is 0 Å². The summed E-state index contributed by atoms with van der Waals surface area (Å²) in [5.74, 6) is -1.61. The monoisotopic (exact) mass is 265 g/mol. The predicted octanol–water partition coefficient (Wildman–Crippen LogP) is 1.88. The number of hydrogen-bond donors (Lipinski definition) is 2. The number of halogens is 1. The Labute approximate surface area is 110 Å². The second-order valence-corrected chi connectivity index (χ2v) is 4.92. The fourth-order valence-corrected chi connectivity index (χ4v) is 2.20. The molecule has 0 spiro atoms. The van der Waals surface area contributed by atoms with E-state index in [0.717, 1.165) is 12.0 Å². The van der Waals surface area contributed by atoms with Gasteiger partial charge in [-0.1, -0.05) is 12.1 Å². The van der Waals surface area contributed by atoms with Gasteiger partial charge in [0.1, 0.15) is 11.4 Å². The first-order chi connectivity index (χ1) is 9.02. The lowest BCUT2D eigenvalue weighted by Crippen LogP contribution is -2.59. The summed E-state index contributed by atoms with van der Waals surface area (Å²) in [6.45, 7) is 0. The van der Waals surface area contributed by atoms with Crippen LogP contribution >= 0.6 is 0 Å². The molecule has 0 radical (unpaired) electrons. The van der Waals surface area contributed by atoms with Gasteiger partial charge < -0.3 is 10.4 Å². The van der Waals surface area contributed by atoms with Gasteiger partial charge in [0.2, 0.25) is 5.91 Å². The average molecular weight is 265 g/mol. The summed E-state index contributed by atoms with van der Waals surface area (Å²) in [7, 11) is 0. The molecule has 5 heteroatoms. The molecule has 0 aliphatic heterocycles. The third kappa shape index (κ3) is 3.10. The summed E-state index contributed by atoms with van der Waals surface area (Å²) in [6, 6.07) is 6.06. The molecule has 0 aromatic heterocycles. The maximum absolute atomic E-state index is 13.0. The Bertz CT molecular complexity index is 497. The Kier molecular flexibility index (Phi) is 3.83. The van der Waals surface area contributed by atoms with Crippen LogP contribution in [-0.4, -0.2) is 22.5 Å². The van der Waals surface area contributed by atoms with Crippen LogP contribution in [0.3, 0.4) is 0 Å². The van der Waals surface area contributed by atoms with E-state index in [1.807, 2.05) is 0 Å². The zero-order valence-corrected chi connectivity index (χ0v) is 10.5. The van der Waals surface area contributed by atoms with Crippen molar-refractivity contribution >= 4 is 11.9 Å². The van der Waals surface area contributed by atoms with Crippen molar-refractivity contribution in [3.63, 3.8) is 0 Å². The highest BCUT2D eigenvalue weighted by molar-refractivity contribution is 5.87. The van der Waals surface area contributed by atoms with Crippen molar-refractivity contribution in [3.8, 4) is 0 Å². The first-order valence-corrected chi connectivity index (χ1v) is 6.31. The summed E-state index contributed by atoms with van der Waals surface area (Å²) in [6.07, 6.45) is 2.34. The molecule has 4 nitrogen and oxygen atoms in total. The largest absolute Gasteiger partial charge is 0.480 e. The number of amides is 1. The van der Waals surface area contributed by atoms with E-state index in [0.29, 0.717) is 19.3 Å². The van der Waals surface area contributed by atoms with Crippen LogP contribution in [0.5, 0.6) is 0 Å². The lowest BCUT2D eigenvalue weighted by atomic mass is 9.76. The molecule has 1 aromatic carbocycles. The Morgan fingerprint density at radius 1 is 1.37 bits per heavy atom. The fourth-order valence-electron chi connectivity index (χ4n) is 2.20. The SMILES string of the molecule is O=C(CCc1cccc(F)c1)NC1(C(=O)O)CCC1. The van der Waals surface area contributed by atoms with E-state index in [9.17, 15) is 14.0 Å². The van der Waals surface area contributed by atoms with Crippen LogP contribution in [0.25, 0.3) is 0 Å². The third-order valence-electron chi connectivity index (χ3n) is 3.52. The van der Waals surface area contributed by atoms with Crippen LogP contribution in [0.4, 0.5) is 4.39 Å². The summed E-state index contributed by atoms with van der Waals surface area (Å²) in [5.41, 5.74) is -0.341. The number of benzene rings is 1. The molecule has 1 aromatic rings. The molecule has 0 atom stereocenters. The Morgan fingerprint density at radius 2 is 2.11 bits per heavy atom. The zero-order valence-electron chi connectivity index (χ0n) is 10.5. The molecule has 102 valence electrons. The van der Waals surface area contributed by atoms with Gasteiger partial charge in [-0.2, -0.15) is 0 Å². The highest BCUT2D eigenvalue weighted by atomic mass is 19.1. The number of nitrogens with one attached hydrogen (secondary N) is 1. The molecular weight excluding hydrogens is 249 g/mol. The number of carbonyl (C=O) groups is 2. The predicted molar refractivity (Wildman–Crippen MR) is 67.1 cm³/mol. The molecule has 0 unspecified atom stereocenters. The fraction of sp³-hybridized carbons (Fsp3) is 0.429. The first kappa shape index (κ1) is 13.5. The maximum atomic E-state index is 13.0. The third-order valence-corrected chi connectivity index (χ3v) is 3.52. The zero-order chi connectivity index (χ0) is 13.9. The summed E-state index contributed by atoms with van der Waals surface area (Å²) in [5, 5.41) is 11.7. The number of carbonyl (C=O) groups excluding carboxylic acids is 1. The second-order valence-electron chi connectivity index (χ2n) is 4.92. The maximum Gasteiger partial charge on any atom is 0.329 e. The van der Waals surface area contributed by atoms with Crippen molar-refractivity contribution in [2.45, 2.75) is 37.6 Å². The van der Waals surface area contributed by atoms with E-state index in [-0.39, 0.29) is 18.1 Å². The first-order valence-electron chi connectivity index (χ1n) is 6.31. The molecule has 0 saturated heterocycles. The standard InChI is InChI=1S/C14H16FNO3/c15-11-4-1-3-10(9-11)5-6-12(17)16-14(13(18)19)7-2-8-14/h1,3-4,9H,2,5-8H2,(H,16,17)(H,18,19). The van der Waals surface area contributed by atoms with E-state index in [4.69, 9.17) is 5.11 Å². The topological polar surface area (TPSA) is 66.4 Å². The summed E-state index contributed by atoms with van der Waals surface area (Å²) < 4.78 is 13.0. The second kappa shape index (κ2) is 5.38. The van der Waals surface area contributed by atoms with Crippen LogP contribution in [0.15, 0.2) is 24.3 Å². The van der Waals surface area contributed by atoms with Crippen LogP contribution < -0.4 is 5.32 Å². The van der Waals surface area contributed by atoms with Gasteiger partial charge in [-0.25, -0.2) is 9.18 Å². The van der Waals surface area contributed by atoms with E-state index in [1.54, 1.807) is 12.1 Å². The van der Waals surface area contributed by atoms with Gasteiger partial charge in [-0.3, -0.25) is 4.79 Å². The minimum atomic E-state index is -1.07. The molecule has 19 heavy (non-hydrogen) atoms. The van der Waals surface area contributed by atoms with Gasteiger partial charge >= 0.3 is 5.97 Å². The van der Waals surface area contributed by atoms with Gasteiger partial charge in [0.05, 0.1) is 0 Å². The van der Waals surface area contributed by atoms with Crippen molar-refractivity contribution < 1.29 is 19.1 Å². The smallest absolute Gasteiger partial charge is 0.329 e. The molecule has 2 N–H and O–H groups in total. The average Bonchev–Trinajstić information content (AvgIpc) is 2.31. The van der Waals surface area contributed by atoms with Gasteiger partial charge in [-0.15, -0.1) is 0 Å².